The van der Waals surface area contributed by atoms with Gasteiger partial charge in [0.15, 0.2) is 5.60 Å². The Labute approximate surface area is 117 Å². The summed E-state index contributed by atoms with van der Waals surface area (Å²) in [6.07, 6.45) is 2.25. The quantitative estimate of drug-likeness (QED) is 0.919. The zero-order valence-corrected chi connectivity index (χ0v) is 11.5. The molecule has 1 heterocycles. The van der Waals surface area contributed by atoms with Crippen molar-refractivity contribution < 1.29 is 19.4 Å². The smallest absolute Gasteiger partial charge is 0.335 e. The second kappa shape index (κ2) is 4.23. The van der Waals surface area contributed by atoms with Gasteiger partial charge in [-0.2, -0.15) is 0 Å². The van der Waals surface area contributed by atoms with Gasteiger partial charge in [-0.3, -0.25) is 4.79 Å². The predicted octanol–water partition coefficient (Wildman–Crippen LogP) is 2.30. The molecule has 1 saturated carbocycles. The molecule has 1 aliphatic carbocycles. The third-order valence-corrected chi connectivity index (χ3v) is 3.76. The number of carboxylic acid groups (broad SMARTS) is 1. The van der Waals surface area contributed by atoms with Crippen LogP contribution in [0.4, 0.5) is 5.69 Å². The number of carbonyl (C=O) groups excluding carboxylic acids is 1. The lowest BCUT2D eigenvalue weighted by Crippen LogP contribution is -2.53. The highest BCUT2D eigenvalue weighted by Crippen LogP contribution is 2.41. The van der Waals surface area contributed by atoms with Crippen LogP contribution in [-0.2, 0) is 4.79 Å². The van der Waals surface area contributed by atoms with Crippen molar-refractivity contribution in [3.05, 3.63) is 23.8 Å². The number of benzene rings is 1. The topological polar surface area (TPSA) is 66.8 Å². The van der Waals surface area contributed by atoms with Crippen LogP contribution in [0.1, 0.15) is 37.0 Å². The molecule has 0 atom stereocenters. The third-order valence-electron chi connectivity index (χ3n) is 3.76. The lowest BCUT2D eigenvalue weighted by atomic mass is 10.0. The summed E-state index contributed by atoms with van der Waals surface area (Å²) >= 11 is 0. The molecule has 5 heteroatoms. The Kier molecular flexibility index (Phi) is 2.74. The van der Waals surface area contributed by atoms with Gasteiger partial charge in [0, 0.05) is 6.54 Å². The Hall–Kier alpha value is -2.04. The molecule has 106 valence electrons. The minimum atomic E-state index is -1.00. The highest BCUT2D eigenvalue weighted by molar-refractivity contribution is 6.03. The van der Waals surface area contributed by atoms with Crippen LogP contribution >= 0.6 is 0 Å². The summed E-state index contributed by atoms with van der Waals surface area (Å²) in [6.45, 7) is 4.12. The van der Waals surface area contributed by atoms with E-state index in [1.807, 2.05) is 0 Å². The Balaban J connectivity index is 2.05. The molecular weight excluding hydrogens is 258 g/mol. The zero-order valence-electron chi connectivity index (χ0n) is 11.5. The van der Waals surface area contributed by atoms with E-state index in [-0.39, 0.29) is 11.5 Å². The minimum absolute atomic E-state index is 0.112. The van der Waals surface area contributed by atoms with E-state index in [0.29, 0.717) is 23.9 Å². The minimum Gasteiger partial charge on any atom is -0.478 e. The van der Waals surface area contributed by atoms with Gasteiger partial charge in [0.2, 0.25) is 0 Å². The number of fused-ring (bicyclic) bond motifs is 1. The number of ether oxygens (including phenoxy) is 1. The monoisotopic (exact) mass is 275 g/mol. The van der Waals surface area contributed by atoms with E-state index in [9.17, 15) is 9.59 Å². The van der Waals surface area contributed by atoms with Crippen LogP contribution in [0.3, 0.4) is 0 Å². The van der Waals surface area contributed by atoms with Gasteiger partial charge in [0.25, 0.3) is 5.91 Å². The van der Waals surface area contributed by atoms with Gasteiger partial charge in [-0.05, 0) is 50.8 Å². The van der Waals surface area contributed by atoms with Crippen molar-refractivity contribution in [2.24, 2.45) is 5.92 Å². The van der Waals surface area contributed by atoms with Crippen molar-refractivity contribution in [3.8, 4) is 5.75 Å². The summed E-state index contributed by atoms with van der Waals surface area (Å²) < 4.78 is 5.71. The van der Waals surface area contributed by atoms with E-state index >= 15 is 0 Å². The third kappa shape index (κ3) is 2.13. The molecule has 5 nitrogen and oxygen atoms in total. The normalized spacial score (nSPS) is 20.3. The zero-order chi connectivity index (χ0) is 14.5. The fourth-order valence-electron chi connectivity index (χ4n) is 2.44. The maximum atomic E-state index is 12.5. The van der Waals surface area contributed by atoms with Crippen molar-refractivity contribution in [1.82, 2.24) is 0 Å². The number of hydrogen-bond donors (Lipinski definition) is 1. The Morgan fingerprint density at radius 2 is 2.15 bits per heavy atom. The average Bonchev–Trinajstić information content (AvgIpc) is 3.18. The molecule has 1 aromatic rings. The number of rotatable bonds is 3. The molecule has 20 heavy (non-hydrogen) atoms. The van der Waals surface area contributed by atoms with E-state index in [0.717, 1.165) is 12.8 Å². The lowest BCUT2D eigenvalue weighted by molar-refractivity contribution is -0.132. The molecule has 0 spiro atoms. The molecule has 0 radical (unpaired) electrons. The molecule has 1 N–H and O–H groups in total. The number of carboxylic acids is 1. The van der Waals surface area contributed by atoms with Crippen molar-refractivity contribution in [2.45, 2.75) is 32.3 Å². The molecule has 2 aliphatic rings. The van der Waals surface area contributed by atoms with E-state index in [1.165, 1.54) is 12.1 Å². The fraction of sp³-hybridized carbons (Fsp3) is 0.467. The Morgan fingerprint density at radius 3 is 2.75 bits per heavy atom. The number of nitrogens with zero attached hydrogens (tertiary/aromatic N) is 1. The number of hydrogen-bond acceptors (Lipinski definition) is 3. The Morgan fingerprint density at radius 1 is 1.45 bits per heavy atom. The van der Waals surface area contributed by atoms with Crippen LogP contribution < -0.4 is 9.64 Å². The molecule has 3 rings (SSSR count). The van der Waals surface area contributed by atoms with Gasteiger partial charge in [-0.25, -0.2) is 4.79 Å². The van der Waals surface area contributed by atoms with Crippen LogP contribution in [0.25, 0.3) is 0 Å². The highest BCUT2D eigenvalue weighted by atomic mass is 16.5. The fourth-order valence-corrected chi connectivity index (χ4v) is 2.44. The highest BCUT2D eigenvalue weighted by Gasteiger charge is 2.42. The van der Waals surface area contributed by atoms with E-state index < -0.39 is 11.6 Å². The van der Waals surface area contributed by atoms with Crippen molar-refractivity contribution >= 4 is 17.6 Å². The first-order valence-electron chi connectivity index (χ1n) is 6.77. The maximum Gasteiger partial charge on any atom is 0.335 e. The van der Waals surface area contributed by atoms with Gasteiger partial charge in [-0.15, -0.1) is 0 Å². The van der Waals surface area contributed by atoms with Gasteiger partial charge in [0.05, 0.1) is 11.3 Å². The summed E-state index contributed by atoms with van der Waals surface area (Å²) in [5, 5.41) is 9.09. The SMILES string of the molecule is CC1(C)Oc2ccc(C(=O)O)cc2N(CC2CC2)C1=O. The van der Waals surface area contributed by atoms with E-state index in [1.54, 1.807) is 24.8 Å². The van der Waals surface area contributed by atoms with Crippen LogP contribution in [0.15, 0.2) is 18.2 Å². The lowest BCUT2D eigenvalue weighted by Gasteiger charge is -2.39. The summed E-state index contributed by atoms with van der Waals surface area (Å²) in [5.74, 6) is -0.0228. The summed E-state index contributed by atoms with van der Waals surface area (Å²) in [6, 6.07) is 4.66. The van der Waals surface area contributed by atoms with Crippen LogP contribution in [0.2, 0.25) is 0 Å². The van der Waals surface area contributed by atoms with Crippen molar-refractivity contribution in [2.75, 3.05) is 11.4 Å². The van der Waals surface area contributed by atoms with E-state index in [4.69, 9.17) is 9.84 Å². The molecule has 0 saturated heterocycles. The number of aromatic carboxylic acids is 1. The summed E-state index contributed by atoms with van der Waals surface area (Å²) in [4.78, 5) is 25.3. The van der Waals surface area contributed by atoms with Gasteiger partial charge < -0.3 is 14.7 Å². The molecule has 1 fully saturated rings. The first-order chi connectivity index (χ1) is 9.38. The van der Waals surface area contributed by atoms with Crippen molar-refractivity contribution in [3.63, 3.8) is 0 Å². The molecule has 0 unspecified atom stereocenters. The Bertz CT molecular complexity index is 590. The number of amides is 1. The van der Waals surface area contributed by atoms with Gasteiger partial charge >= 0.3 is 5.97 Å². The van der Waals surface area contributed by atoms with Crippen LogP contribution in [0, 0.1) is 5.92 Å². The standard InChI is InChI=1S/C15H17NO4/c1-15(2)14(19)16(8-9-3-4-9)11-7-10(13(17)18)5-6-12(11)20-15/h5-7,9H,3-4,8H2,1-2H3,(H,17,18). The number of anilines is 1. The second-order valence-corrected chi connectivity index (χ2v) is 5.96. The molecule has 1 aromatic carbocycles. The second-order valence-electron chi connectivity index (χ2n) is 5.96. The maximum absolute atomic E-state index is 12.5. The van der Waals surface area contributed by atoms with Crippen LogP contribution in [-0.4, -0.2) is 29.1 Å². The van der Waals surface area contributed by atoms with Gasteiger partial charge in [-0.1, -0.05) is 0 Å². The van der Waals surface area contributed by atoms with Crippen LogP contribution in [0.5, 0.6) is 5.75 Å². The molecule has 0 aromatic heterocycles. The molecule has 1 aliphatic heterocycles. The van der Waals surface area contributed by atoms with E-state index in [2.05, 4.69) is 0 Å². The first-order valence-corrected chi connectivity index (χ1v) is 6.77. The molecular formula is C15H17NO4. The average molecular weight is 275 g/mol. The predicted molar refractivity (Wildman–Crippen MR) is 73.2 cm³/mol. The first kappa shape index (κ1) is 13.0. The van der Waals surface area contributed by atoms with Gasteiger partial charge in [0.1, 0.15) is 5.75 Å². The molecule has 1 amide bonds. The summed E-state index contributed by atoms with van der Waals surface area (Å²) in [5.41, 5.74) is -0.172. The number of carbonyl (C=O) groups is 2. The van der Waals surface area contributed by atoms with Crippen molar-refractivity contribution in [1.29, 1.82) is 0 Å². The molecule has 0 bridgehead atoms. The summed E-state index contributed by atoms with van der Waals surface area (Å²) in [7, 11) is 0. The largest absolute Gasteiger partial charge is 0.478 e.